The van der Waals surface area contributed by atoms with E-state index in [1.807, 2.05) is 13.8 Å². The van der Waals surface area contributed by atoms with Crippen molar-refractivity contribution in [3.63, 3.8) is 0 Å². The Bertz CT molecular complexity index is 1120. The molecule has 38 heavy (non-hydrogen) atoms. The van der Waals surface area contributed by atoms with Gasteiger partial charge in [0.1, 0.15) is 17.1 Å². The number of halogens is 3. The summed E-state index contributed by atoms with van der Waals surface area (Å²) in [5, 5.41) is 2.94. The van der Waals surface area contributed by atoms with Gasteiger partial charge in [0.15, 0.2) is 5.96 Å². The van der Waals surface area contributed by atoms with Crippen molar-refractivity contribution in [2.45, 2.75) is 83.0 Å². The van der Waals surface area contributed by atoms with Crippen LogP contribution in [-0.2, 0) is 14.3 Å². The maximum Gasteiger partial charge on any atom is 0.573 e. The minimum absolute atomic E-state index is 0.118. The van der Waals surface area contributed by atoms with Gasteiger partial charge >= 0.3 is 6.36 Å². The molecule has 1 aliphatic carbocycles. The second kappa shape index (κ2) is 9.94. The van der Waals surface area contributed by atoms with Gasteiger partial charge in [-0.3, -0.25) is 14.5 Å². The maximum atomic E-state index is 13.4. The number of hydrogen-bond acceptors (Lipinski definition) is 7. The summed E-state index contributed by atoms with van der Waals surface area (Å²) in [5.74, 6) is -1.18. The number of methoxy groups -OCH3 is 1. The second-order valence-electron chi connectivity index (χ2n) is 11.4. The molecule has 9 nitrogen and oxygen atoms in total. The number of carbonyl (C=O) groups excluding carboxylic acids is 2. The largest absolute Gasteiger partial charge is 0.573 e. The van der Waals surface area contributed by atoms with Crippen molar-refractivity contribution in [3.8, 4) is 11.5 Å². The third-order valence-corrected chi connectivity index (χ3v) is 7.14. The van der Waals surface area contributed by atoms with Crippen LogP contribution in [-0.4, -0.2) is 59.9 Å². The number of carbonyl (C=O) groups is 2. The number of nitrogens with zero attached hydrogens (tertiary/aromatic N) is 2. The van der Waals surface area contributed by atoms with Gasteiger partial charge in [0.05, 0.1) is 23.6 Å². The van der Waals surface area contributed by atoms with Crippen LogP contribution in [0.4, 0.5) is 13.2 Å². The van der Waals surface area contributed by atoms with Gasteiger partial charge in [-0.2, -0.15) is 0 Å². The highest BCUT2D eigenvalue weighted by atomic mass is 19.4. The molecule has 4 rings (SSSR count). The fraction of sp³-hybridized carbons (Fsp3) is 0.654. The average molecular weight is 541 g/mol. The standard InChI is InChI=1S/C26H35F3N4O5/c1-24(2)13-20(34)33(23(30)32-24)17(9-10-36-5)14-11-15(14)22(35)31-16-12-25(3,4)37-18-7-6-8-19(21(16)18)38-26(27,28)29/h6-8,14-17H,9-13H2,1-5H3,(H2,30,32)(H,31,35). The number of rotatable bonds is 8. The molecule has 2 aliphatic heterocycles. The Kier molecular flexibility index (Phi) is 7.32. The Morgan fingerprint density at radius 1 is 1.32 bits per heavy atom. The molecule has 1 aromatic rings. The molecule has 0 saturated heterocycles. The van der Waals surface area contributed by atoms with E-state index in [4.69, 9.17) is 15.2 Å². The molecule has 3 N–H and O–H groups in total. The Balaban J connectivity index is 1.55. The van der Waals surface area contributed by atoms with Crippen LogP contribution < -0.4 is 20.5 Å². The van der Waals surface area contributed by atoms with Crippen molar-refractivity contribution in [1.29, 1.82) is 0 Å². The quantitative estimate of drug-likeness (QED) is 0.520. The van der Waals surface area contributed by atoms with Crippen LogP contribution in [0.2, 0.25) is 0 Å². The van der Waals surface area contributed by atoms with Crippen molar-refractivity contribution in [2.75, 3.05) is 13.7 Å². The fourth-order valence-corrected chi connectivity index (χ4v) is 5.56. The summed E-state index contributed by atoms with van der Waals surface area (Å²) in [6, 6.07) is 3.04. The van der Waals surface area contributed by atoms with E-state index in [1.165, 1.54) is 17.0 Å². The van der Waals surface area contributed by atoms with Crippen LogP contribution in [0.15, 0.2) is 23.2 Å². The number of guanidine groups is 1. The van der Waals surface area contributed by atoms with Crippen LogP contribution in [0.25, 0.3) is 0 Å². The third kappa shape index (κ3) is 6.16. The van der Waals surface area contributed by atoms with E-state index in [0.717, 1.165) is 0 Å². The fourth-order valence-electron chi connectivity index (χ4n) is 5.56. The molecule has 2 amide bonds. The molecule has 0 spiro atoms. The van der Waals surface area contributed by atoms with Crippen LogP contribution in [0.3, 0.4) is 0 Å². The van der Waals surface area contributed by atoms with Crippen LogP contribution in [0.1, 0.15) is 65.0 Å². The lowest BCUT2D eigenvalue weighted by Crippen LogP contribution is -2.55. The SMILES string of the molecule is COCCC(C1CC1C(=O)NC1CC(C)(C)Oc2cccc(OC(F)(F)F)c21)N1C(=O)CC(C)(C)N=C1N. The zero-order chi connectivity index (χ0) is 28.0. The van der Waals surface area contributed by atoms with E-state index in [0.29, 0.717) is 19.4 Å². The monoisotopic (exact) mass is 540 g/mol. The molecule has 4 atom stereocenters. The summed E-state index contributed by atoms with van der Waals surface area (Å²) < 4.78 is 54.7. The Hall–Kier alpha value is -3.02. The van der Waals surface area contributed by atoms with E-state index in [-0.39, 0.29) is 53.9 Å². The van der Waals surface area contributed by atoms with Gasteiger partial charge in [0.25, 0.3) is 0 Å². The van der Waals surface area contributed by atoms with Gasteiger partial charge in [-0.1, -0.05) is 6.07 Å². The Morgan fingerprint density at radius 3 is 2.66 bits per heavy atom. The van der Waals surface area contributed by atoms with Crippen molar-refractivity contribution in [3.05, 3.63) is 23.8 Å². The van der Waals surface area contributed by atoms with Gasteiger partial charge in [0, 0.05) is 32.1 Å². The van der Waals surface area contributed by atoms with Crippen molar-refractivity contribution in [1.82, 2.24) is 10.2 Å². The molecule has 0 radical (unpaired) electrons. The van der Waals surface area contributed by atoms with E-state index in [2.05, 4.69) is 15.0 Å². The molecule has 4 unspecified atom stereocenters. The number of benzene rings is 1. The van der Waals surface area contributed by atoms with Gasteiger partial charge in [-0.15, -0.1) is 13.2 Å². The number of aliphatic imine (C=N–C) groups is 1. The second-order valence-corrected chi connectivity index (χ2v) is 11.4. The van der Waals surface area contributed by atoms with Gasteiger partial charge in [0.2, 0.25) is 11.8 Å². The molecule has 0 bridgehead atoms. The number of nitrogens with one attached hydrogen (secondary N) is 1. The topological polar surface area (TPSA) is 115 Å². The lowest BCUT2D eigenvalue weighted by molar-refractivity contribution is -0.275. The minimum atomic E-state index is -4.90. The maximum absolute atomic E-state index is 13.4. The molecule has 12 heteroatoms. The Morgan fingerprint density at radius 2 is 2.03 bits per heavy atom. The van der Waals surface area contributed by atoms with Gasteiger partial charge < -0.3 is 25.3 Å². The lowest BCUT2D eigenvalue weighted by atomic mass is 9.89. The number of fused-ring (bicyclic) bond motifs is 1. The number of ether oxygens (including phenoxy) is 3. The van der Waals surface area contributed by atoms with Crippen LogP contribution in [0, 0.1) is 11.8 Å². The zero-order valence-electron chi connectivity index (χ0n) is 22.2. The normalized spacial score (nSPS) is 26.5. The van der Waals surface area contributed by atoms with Gasteiger partial charge in [-0.05, 0) is 58.6 Å². The summed E-state index contributed by atoms with van der Waals surface area (Å²) in [6.07, 6.45) is -3.50. The first-order valence-electron chi connectivity index (χ1n) is 12.7. The van der Waals surface area contributed by atoms with Crippen molar-refractivity contribution >= 4 is 17.8 Å². The van der Waals surface area contributed by atoms with Crippen molar-refractivity contribution < 1.29 is 37.0 Å². The van der Waals surface area contributed by atoms with E-state index in [9.17, 15) is 22.8 Å². The number of alkyl halides is 3. The average Bonchev–Trinajstić information content (AvgIpc) is 3.53. The predicted octanol–water partition coefficient (Wildman–Crippen LogP) is 3.67. The lowest BCUT2D eigenvalue weighted by Gasteiger charge is -2.39. The summed E-state index contributed by atoms with van der Waals surface area (Å²) in [5.41, 5.74) is 5.01. The van der Waals surface area contributed by atoms with E-state index in [1.54, 1.807) is 27.0 Å². The molecule has 1 saturated carbocycles. The highest BCUT2D eigenvalue weighted by Gasteiger charge is 2.53. The first kappa shape index (κ1) is 28.0. The first-order chi connectivity index (χ1) is 17.6. The highest BCUT2D eigenvalue weighted by molar-refractivity contribution is 5.99. The molecule has 3 aliphatic rings. The molecule has 1 fully saturated rings. The predicted molar refractivity (Wildman–Crippen MR) is 132 cm³/mol. The van der Waals surface area contributed by atoms with Crippen LogP contribution in [0.5, 0.6) is 11.5 Å². The smallest absolute Gasteiger partial charge is 0.487 e. The minimum Gasteiger partial charge on any atom is -0.487 e. The summed E-state index contributed by atoms with van der Waals surface area (Å²) >= 11 is 0. The highest BCUT2D eigenvalue weighted by Crippen LogP contribution is 2.48. The molecular formula is C26H35F3N4O5. The molecule has 1 aromatic carbocycles. The Labute approximate surface area is 219 Å². The summed E-state index contributed by atoms with van der Waals surface area (Å²) in [4.78, 5) is 32.4. The third-order valence-electron chi connectivity index (χ3n) is 7.14. The number of nitrogens with two attached hydrogens (primary N) is 1. The van der Waals surface area contributed by atoms with E-state index < -0.39 is 35.2 Å². The molecule has 210 valence electrons. The zero-order valence-corrected chi connectivity index (χ0v) is 22.2. The van der Waals surface area contributed by atoms with E-state index >= 15 is 0 Å². The van der Waals surface area contributed by atoms with Gasteiger partial charge in [-0.25, -0.2) is 4.99 Å². The van der Waals surface area contributed by atoms with Crippen molar-refractivity contribution in [2.24, 2.45) is 22.6 Å². The number of hydrogen-bond donors (Lipinski definition) is 2. The molecular weight excluding hydrogens is 505 g/mol. The number of amides is 2. The molecule has 0 aromatic heterocycles. The summed E-state index contributed by atoms with van der Waals surface area (Å²) in [6.45, 7) is 7.63. The summed E-state index contributed by atoms with van der Waals surface area (Å²) in [7, 11) is 1.55. The first-order valence-corrected chi connectivity index (χ1v) is 12.7. The van der Waals surface area contributed by atoms with Crippen LogP contribution >= 0.6 is 0 Å². The molecule has 2 heterocycles.